The van der Waals surface area contributed by atoms with Gasteiger partial charge in [-0.05, 0) is 28.1 Å². The lowest BCUT2D eigenvalue weighted by molar-refractivity contribution is 0.286. The molecule has 0 unspecified atom stereocenters. The van der Waals surface area contributed by atoms with Gasteiger partial charge in [0.15, 0.2) is 3.92 Å². The molecule has 0 aliphatic rings. The number of thiazole rings is 1. The lowest BCUT2D eigenvalue weighted by atomic mass is 10.1. The summed E-state index contributed by atoms with van der Waals surface area (Å²) in [6.07, 6.45) is 0. The van der Waals surface area contributed by atoms with Crippen LogP contribution in [0.3, 0.4) is 0 Å². The molecule has 1 aromatic carbocycles. The minimum Gasteiger partial charge on any atom is -0.391 e. The maximum atomic E-state index is 9.19. The normalized spacial score (nSPS) is 10.6. The van der Waals surface area contributed by atoms with Gasteiger partial charge in [0.05, 0.1) is 17.2 Å². The molecule has 0 aliphatic heterocycles. The van der Waals surface area contributed by atoms with Gasteiger partial charge in [-0.15, -0.1) is 11.3 Å². The zero-order chi connectivity index (χ0) is 10.8. The zero-order valence-corrected chi connectivity index (χ0v) is 11.6. The molecule has 1 N–H and O–H groups in total. The van der Waals surface area contributed by atoms with E-state index in [2.05, 4.69) is 36.8 Å². The predicted molar refractivity (Wildman–Crippen MR) is 68.9 cm³/mol. The Labute approximate surface area is 108 Å². The fourth-order valence-electron chi connectivity index (χ4n) is 1.26. The largest absolute Gasteiger partial charge is 0.391 e. The summed E-state index contributed by atoms with van der Waals surface area (Å²) in [7, 11) is 0. The van der Waals surface area contributed by atoms with E-state index in [1.54, 1.807) is 0 Å². The van der Waals surface area contributed by atoms with E-state index in [0.717, 1.165) is 24.5 Å². The molecule has 2 aromatic rings. The maximum Gasteiger partial charge on any atom is 0.160 e. The second-order valence-corrected chi connectivity index (χ2v) is 6.18. The summed E-state index contributed by atoms with van der Waals surface area (Å²) in [6.45, 7) is 0.0225. The Bertz CT molecular complexity index is 467. The van der Waals surface area contributed by atoms with Crippen LogP contribution in [0.15, 0.2) is 32.7 Å². The molecular formula is C10H7Br2NOS. The van der Waals surface area contributed by atoms with E-state index in [9.17, 15) is 5.11 Å². The number of benzene rings is 1. The lowest BCUT2D eigenvalue weighted by Crippen LogP contribution is -1.84. The van der Waals surface area contributed by atoms with Crippen LogP contribution in [0.5, 0.6) is 0 Å². The van der Waals surface area contributed by atoms with Gasteiger partial charge in [0.25, 0.3) is 0 Å². The highest BCUT2D eigenvalue weighted by molar-refractivity contribution is 9.11. The first-order valence-corrected chi connectivity index (χ1v) is 6.63. The molecule has 5 heteroatoms. The molecule has 0 amide bonds. The Balaban J connectivity index is 2.48. The smallest absolute Gasteiger partial charge is 0.160 e. The Morgan fingerprint density at radius 1 is 1.20 bits per heavy atom. The van der Waals surface area contributed by atoms with E-state index < -0.39 is 0 Å². The summed E-state index contributed by atoms with van der Waals surface area (Å²) in [5.74, 6) is 0. The first kappa shape index (κ1) is 11.3. The van der Waals surface area contributed by atoms with Crippen LogP contribution in [0.25, 0.3) is 11.3 Å². The van der Waals surface area contributed by atoms with Crippen molar-refractivity contribution in [2.24, 2.45) is 0 Å². The lowest BCUT2D eigenvalue weighted by Gasteiger charge is -1.99. The van der Waals surface area contributed by atoms with Crippen molar-refractivity contribution >= 4 is 43.2 Å². The van der Waals surface area contributed by atoms with Gasteiger partial charge < -0.3 is 5.11 Å². The molecule has 0 saturated heterocycles. The van der Waals surface area contributed by atoms with Crippen molar-refractivity contribution in [1.29, 1.82) is 0 Å². The van der Waals surface area contributed by atoms with E-state index in [-0.39, 0.29) is 6.61 Å². The molecule has 0 atom stereocenters. The van der Waals surface area contributed by atoms with Gasteiger partial charge in [-0.3, -0.25) is 0 Å². The van der Waals surface area contributed by atoms with Crippen LogP contribution >= 0.6 is 43.2 Å². The van der Waals surface area contributed by atoms with Crippen LogP contribution in [-0.2, 0) is 6.61 Å². The summed E-state index contributed by atoms with van der Waals surface area (Å²) in [5.41, 5.74) is 1.87. The average molecular weight is 349 g/mol. The number of rotatable bonds is 2. The molecule has 1 heterocycles. The molecule has 0 aliphatic carbocycles. The minimum absolute atomic E-state index is 0.0225. The Kier molecular flexibility index (Phi) is 3.56. The molecule has 0 bridgehead atoms. The van der Waals surface area contributed by atoms with Crippen LogP contribution in [0.2, 0.25) is 0 Å². The molecule has 78 valence electrons. The fourth-order valence-corrected chi connectivity index (χ4v) is 2.96. The third-order valence-corrected chi connectivity index (χ3v) is 3.95. The monoisotopic (exact) mass is 347 g/mol. The second kappa shape index (κ2) is 4.74. The number of halogens is 2. The molecule has 15 heavy (non-hydrogen) atoms. The van der Waals surface area contributed by atoms with Crippen molar-refractivity contribution in [3.63, 3.8) is 0 Å². The van der Waals surface area contributed by atoms with Gasteiger partial charge in [-0.25, -0.2) is 4.98 Å². The van der Waals surface area contributed by atoms with Crippen molar-refractivity contribution in [3.8, 4) is 11.3 Å². The highest BCUT2D eigenvalue weighted by atomic mass is 79.9. The van der Waals surface area contributed by atoms with E-state index in [4.69, 9.17) is 0 Å². The van der Waals surface area contributed by atoms with Crippen LogP contribution < -0.4 is 0 Å². The van der Waals surface area contributed by atoms with E-state index in [1.165, 1.54) is 11.3 Å². The fraction of sp³-hybridized carbons (Fsp3) is 0.100. The van der Waals surface area contributed by atoms with Gasteiger partial charge in [-0.2, -0.15) is 0 Å². The first-order valence-electron chi connectivity index (χ1n) is 4.22. The van der Waals surface area contributed by atoms with E-state index in [1.807, 2.05) is 24.3 Å². The Morgan fingerprint density at radius 2 is 1.87 bits per heavy atom. The van der Waals surface area contributed by atoms with Crippen molar-refractivity contribution < 1.29 is 5.11 Å². The SMILES string of the molecule is OCc1sc(Br)nc1-c1ccc(Br)cc1. The van der Waals surface area contributed by atoms with Crippen molar-refractivity contribution in [3.05, 3.63) is 37.5 Å². The van der Waals surface area contributed by atoms with Crippen LogP contribution in [0, 0.1) is 0 Å². The number of aliphatic hydroxyl groups is 1. The van der Waals surface area contributed by atoms with Crippen molar-refractivity contribution in [2.75, 3.05) is 0 Å². The highest BCUT2D eigenvalue weighted by Crippen LogP contribution is 2.31. The Morgan fingerprint density at radius 3 is 2.47 bits per heavy atom. The summed E-state index contributed by atoms with van der Waals surface area (Å²) < 4.78 is 1.83. The third-order valence-electron chi connectivity index (χ3n) is 1.93. The quantitative estimate of drug-likeness (QED) is 0.894. The average Bonchev–Trinajstić information content (AvgIpc) is 2.61. The number of aromatic nitrogens is 1. The van der Waals surface area contributed by atoms with Crippen molar-refractivity contribution in [1.82, 2.24) is 4.98 Å². The highest BCUT2D eigenvalue weighted by Gasteiger charge is 2.10. The molecule has 2 rings (SSSR count). The summed E-state index contributed by atoms with van der Waals surface area (Å²) >= 11 is 8.16. The van der Waals surface area contributed by atoms with E-state index in [0.29, 0.717) is 0 Å². The number of hydrogen-bond donors (Lipinski definition) is 1. The zero-order valence-electron chi connectivity index (χ0n) is 7.58. The summed E-state index contributed by atoms with van der Waals surface area (Å²) in [5, 5.41) is 9.19. The summed E-state index contributed by atoms with van der Waals surface area (Å²) in [4.78, 5) is 5.22. The summed E-state index contributed by atoms with van der Waals surface area (Å²) in [6, 6.07) is 7.88. The molecule has 0 fully saturated rings. The molecule has 0 saturated carbocycles. The van der Waals surface area contributed by atoms with Gasteiger partial charge in [-0.1, -0.05) is 28.1 Å². The number of aliphatic hydroxyl groups excluding tert-OH is 1. The van der Waals surface area contributed by atoms with E-state index >= 15 is 0 Å². The molecule has 1 aromatic heterocycles. The number of hydrogen-bond acceptors (Lipinski definition) is 3. The van der Waals surface area contributed by atoms with Gasteiger partial charge in [0.1, 0.15) is 0 Å². The molecular weight excluding hydrogens is 342 g/mol. The topological polar surface area (TPSA) is 33.1 Å². The minimum atomic E-state index is 0.0225. The number of nitrogens with zero attached hydrogens (tertiary/aromatic N) is 1. The maximum absolute atomic E-state index is 9.19. The standard InChI is InChI=1S/C10H7Br2NOS/c11-7-3-1-6(2-4-7)9-8(5-14)15-10(12)13-9/h1-4,14H,5H2. The molecule has 2 nitrogen and oxygen atoms in total. The second-order valence-electron chi connectivity index (χ2n) is 2.90. The molecule has 0 radical (unpaired) electrons. The van der Waals surface area contributed by atoms with Crippen LogP contribution in [0.4, 0.5) is 0 Å². The van der Waals surface area contributed by atoms with Crippen LogP contribution in [-0.4, -0.2) is 10.1 Å². The Hall–Kier alpha value is -0.230. The first-order chi connectivity index (χ1) is 7.20. The predicted octanol–water partition coefficient (Wildman–Crippen LogP) is 3.83. The third kappa shape index (κ3) is 2.47. The van der Waals surface area contributed by atoms with Crippen molar-refractivity contribution in [2.45, 2.75) is 6.61 Å². The van der Waals surface area contributed by atoms with Crippen LogP contribution in [0.1, 0.15) is 4.88 Å². The van der Waals surface area contributed by atoms with Gasteiger partial charge in [0, 0.05) is 10.0 Å². The van der Waals surface area contributed by atoms with Gasteiger partial charge in [0.2, 0.25) is 0 Å². The molecule has 0 spiro atoms. The van der Waals surface area contributed by atoms with Gasteiger partial charge >= 0.3 is 0 Å².